The van der Waals surface area contributed by atoms with Crippen molar-refractivity contribution < 1.29 is 23.9 Å². The highest BCUT2D eigenvalue weighted by atomic mass is 16.6. The summed E-state index contributed by atoms with van der Waals surface area (Å²) in [6.45, 7) is 7.86. The molecule has 0 aromatic carbocycles. The van der Waals surface area contributed by atoms with Crippen LogP contribution in [0.1, 0.15) is 53.4 Å². The highest BCUT2D eigenvalue weighted by Gasteiger charge is 2.42. The minimum Gasteiger partial charge on any atom is -0.443 e. The van der Waals surface area contributed by atoms with E-state index in [1.165, 1.54) is 6.92 Å². The Morgan fingerprint density at radius 3 is 2.24 bits per heavy atom. The van der Waals surface area contributed by atoms with Gasteiger partial charge in [-0.05, 0) is 40.0 Å². The fourth-order valence-corrected chi connectivity index (χ4v) is 3.11. The monoisotopic (exact) mass is 353 g/mol. The Labute approximate surface area is 147 Å². The maximum atomic E-state index is 12.6. The van der Waals surface area contributed by atoms with Gasteiger partial charge in [-0.15, -0.1) is 0 Å². The van der Waals surface area contributed by atoms with E-state index in [-0.39, 0.29) is 30.2 Å². The average Bonchev–Trinajstić information content (AvgIpc) is 2.88. The molecule has 1 N–H and O–H groups in total. The molecule has 0 spiro atoms. The first-order valence-corrected chi connectivity index (χ1v) is 8.69. The number of likely N-dealkylation sites (tertiary alicyclic amines) is 2. The zero-order chi connectivity index (χ0) is 18.8. The lowest BCUT2D eigenvalue weighted by Gasteiger charge is -2.33. The molecule has 2 saturated heterocycles. The maximum absolute atomic E-state index is 12.6. The minimum atomic E-state index is -0.826. The lowest BCUT2D eigenvalue weighted by Crippen LogP contribution is -2.53. The first-order valence-electron chi connectivity index (χ1n) is 8.69. The molecule has 2 fully saturated rings. The standard InChI is InChI=1S/C17H27N3O5/c1-11(21)19-9-7-12(8-10-19)18-15(23)13-5-6-14(22)20(13)16(24)25-17(2,3)4/h12-13H,5-10H2,1-4H3,(H,18,23)/t13-/m0/s1. The number of rotatable bonds is 2. The Bertz CT molecular complexity index is 561. The second-order valence-electron chi connectivity index (χ2n) is 7.59. The molecule has 0 aromatic rings. The third-order valence-electron chi connectivity index (χ3n) is 4.39. The van der Waals surface area contributed by atoms with E-state index in [1.807, 2.05) is 0 Å². The van der Waals surface area contributed by atoms with Crippen LogP contribution in [-0.2, 0) is 19.1 Å². The van der Waals surface area contributed by atoms with E-state index in [9.17, 15) is 19.2 Å². The van der Waals surface area contributed by atoms with Crippen molar-refractivity contribution in [3.63, 3.8) is 0 Å². The Kier molecular flexibility index (Phi) is 5.69. The maximum Gasteiger partial charge on any atom is 0.417 e. The molecule has 2 aliphatic rings. The van der Waals surface area contributed by atoms with Crippen LogP contribution in [0.4, 0.5) is 4.79 Å². The molecule has 4 amide bonds. The summed E-state index contributed by atoms with van der Waals surface area (Å²) in [6.07, 6.45) is 1.01. The molecule has 2 rings (SSSR count). The molecule has 140 valence electrons. The molecule has 2 heterocycles. The topological polar surface area (TPSA) is 96.0 Å². The first kappa shape index (κ1) is 19.2. The molecule has 2 aliphatic heterocycles. The summed E-state index contributed by atoms with van der Waals surface area (Å²) in [5, 5.41) is 2.91. The van der Waals surface area contributed by atoms with E-state index in [4.69, 9.17) is 4.74 Å². The van der Waals surface area contributed by atoms with Crippen LogP contribution in [0.3, 0.4) is 0 Å². The van der Waals surface area contributed by atoms with Crippen molar-refractivity contribution in [2.45, 2.75) is 71.1 Å². The third-order valence-corrected chi connectivity index (χ3v) is 4.39. The first-order chi connectivity index (χ1) is 11.6. The summed E-state index contributed by atoms with van der Waals surface area (Å²) in [7, 11) is 0. The number of ether oxygens (including phenoxy) is 1. The number of nitrogens with one attached hydrogen (secondary N) is 1. The Hall–Kier alpha value is -2.12. The summed E-state index contributed by atoms with van der Waals surface area (Å²) in [5.74, 6) is -0.693. The van der Waals surface area contributed by atoms with Crippen molar-refractivity contribution in [1.29, 1.82) is 0 Å². The van der Waals surface area contributed by atoms with Gasteiger partial charge in [-0.2, -0.15) is 0 Å². The lowest BCUT2D eigenvalue weighted by atomic mass is 10.0. The van der Waals surface area contributed by atoms with Crippen molar-refractivity contribution in [3.05, 3.63) is 0 Å². The molecule has 1 atom stereocenters. The van der Waals surface area contributed by atoms with Crippen LogP contribution in [0, 0.1) is 0 Å². The van der Waals surface area contributed by atoms with E-state index in [1.54, 1.807) is 25.7 Å². The number of imide groups is 1. The van der Waals surface area contributed by atoms with Crippen molar-refractivity contribution in [2.24, 2.45) is 0 Å². The van der Waals surface area contributed by atoms with Gasteiger partial charge >= 0.3 is 6.09 Å². The van der Waals surface area contributed by atoms with Gasteiger partial charge in [0.25, 0.3) is 0 Å². The van der Waals surface area contributed by atoms with Crippen LogP contribution in [0.25, 0.3) is 0 Å². The van der Waals surface area contributed by atoms with Crippen LogP contribution in [0.2, 0.25) is 0 Å². The molecule has 0 saturated carbocycles. The zero-order valence-corrected chi connectivity index (χ0v) is 15.3. The third kappa shape index (κ3) is 4.93. The number of nitrogens with zero attached hydrogens (tertiary/aromatic N) is 2. The molecule has 0 aliphatic carbocycles. The molecule has 8 heteroatoms. The summed E-state index contributed by atoms with van der Waals surface area (Å²) in [4.78, 5) is 50.9. The van der Waals surface area contributed by atoms with Gasteiger partial charge < -0.3 is 15.0 Å². The Morgan fingerprint density at radius 1 is 1.12 bits per heavy atom. The van der Waals surface area contributed by atoms with Crippen LogP contribution >= 0.6 is 0 Å². The van der Waals surface area contributed by atoms with E-state index >= 15 is 0 Å². The second-order valence-corrected chi connectivity index (χ2v) is 7.59. The fraction of sp³-hybridized carbons (Fsp3) is 0.765. The molecule has 0 radical (unpaired) electrons. The second kappa shape index (κ2) is 7.41. The van der Waals surface area contributed by atoms with E-state index in [0.29, 0.717) is 32.4 Å². The molecule has 0 bridgehead atoms. The Morgan fingerprint density at radius 2 is 1.72 bits per heavy atom. The van der Waals surface area contributed by atoms with Crippen LogP contribution in [0.15, 0.2) is 0 Å². The molecular weight excluding hydrogens is 326 g/mol. The average molecular weight is 353 g/mol. The predicted molar refractivity (Wildman–Crippen MR) is 89.5 cm³/mol. The van der Waals surface area contributed by atoms with Gasteiger partial charge in [0.15, 0.2) is 0 Å². The van der Waals surface area contributed by atoms with E-state index in [0.717, 1.165) is 4.90 Å². The molecule has 8 nitrogen and oxygen atoms in total. The Balaban J connectivity index is 1.95. The van der Waals surface area contributed by atoms with Crippen molar-refractivity contribution in [1.82, 2.24) is 15.1 Å². The molecule has 0 aromatic heterocycles. The van der Waals surface area contributed by atoms with E-state index in [2.05, 4.69) is 5.32 Å². The number of carbonyl (C=O) groups is 4. The minimum absolute atomic E-state index is 0.0299. The van der Waals surface area contributed by atoms with Crippen LogP contribution in [0.5, 0.6) is 0 Å². The summed E-state index contributed by atoms with van der Waals surface area (Å²) < 4.78 is 5.24. The van der Waals surface area contributed by atoms with Gasteiger partial charge in [0, 0.05) is 32.5 Å². The largest absolute Gasteiger partial charge is 0.443 e. The number of hydrogen-bond donors (Lipinski definition) is 1. The smallest absolute Gasteiger partial charge is 0.417 e. The molecule has 25 heavy (non-hydrogen) atoms. The summed E-state index contributed by atoms with van der Waals surface area (Å²) in [6, 6.07) is -0.882. The van der Waals surface area contributed by atoms with Crippen molar-refractivity contribution in [3.8, 4) is 0 Å². The lowest BCUT2D eigenvalue weighted by molar-refractivity contribution is -0.135. The summed E-state index contributed by atoms with van der Waals surface area (Å²) >= 11 is 0. The van der Waals surface area contributed by atoms with Crippen LogP contribution in [-0.4, -0.2) is 64.4 Å². The SMILES string of the molecule is CC(=O)N1CCC(NC(=O)[C@@H]2CCC(=O)N2C(=O)OC(C)(C)C)CC1. The molecule has 0 unspecified atom stereocenters. The normalized spacial score (nSPS) is 22.1. The fourth-order valence-electron chi connectivity index (χ4n) is 3.11. The van der Waals surface area contributed by atoms with Gasteiger partial charge in [-0.25, -0.2) is 9.69 Å². The van der Waals surface area contributed by atoms with Gasteiger partial charge in [0.1, 0.15) is 11.6 Å². The predicted octanol–water partition coefficient (Wildman–Crippen LogP) is 1.04. The van der Waals surface area contributed by atoms with Gasteiger partial charge in [0.2, 0.25) is 17.7 Å². The molecular formula is C17H27N3O5. The van der Waals surface area contributed by atoms with Crippen molar-refractivity contribution >= 4 is 23.8 Å². The van der Waals surface area contributed by atoms with Gasteiger partial charge in [0.05, 0.1) is 0 Å². The quantitative estimate of drug-likeness (QED) is 0.800. The van der Waals surface area contributed by atoms with Crippen LogP contribution < -0.4 is 5.32 Å². The number of hydrogen-bond acceptors (Lipinski definition) is 5. The highest BCUT2D eigenvalue weighted by Crippen LogP contribution is 2.23. The number of piperidine rings is 1. The van der Waals surface area contributed by atoms with Gasteiger partial charge in [-0.1, -0.05) is 0 Å². The summed E-state index contributed by atoms with van der Waals surface area (Å²) in [5.41, 5.74) is -0.736. The number of amides is 4. The van der Waals surface area contributed by atoms with E-state index < -0.39 is 17.7 Å². The van der Waals surface area contributed by atoms with Crippen molar-refractivity contribution in [2.75, 3.05) is 13.1 Å². The number of carbonyl (C=O) groups excluding carboxylic acids is 4. The van der Waals surface area contributed by atoms with Gasteiger partial charge in [-0.3, -0.25) is 14.4 Å². The zero-order valence-electron chi connectivity index (χ0n) is 15.3. The highest BCUT2D eigenvalue weighted by molar-refractivity contribution is 6.00.